The molecule has 0 aromatic rings. The first kappa shape index (κ1) is 14.8. The summed E-state index contributed by atoms with van der Waals surface area (Å²) in [5, 5.41) is 2.97. The molecular weight excluding hydrogens is 210 g/mol. The van der Waals surface area contributed by atoms with Gasteiger partial charge in [-0.3, -0.25) is 4.79 Å². The summed E-state index contributed by atoms with van der Waals surface area (Å²) in [5.41, 5.74) is 0. The molecule has 0 aromatic carbocycles. The molecule has 1 N–H and O–H groups in total. The average Bonchev–Trinajstić information content (AvgIpc) is 2.22. The van der Waals surface area contributed by atoms with Gasteiger partial charge >= 0.3 is 0 Å². The summed E-state index contributed by atoms with van der Waals surface area (Å²) < 4.78 is 0. The lowest BCUT2D eigenvalue weighted by Crippen LogP contribution is -2.29. The molecular formula is C12H24ClNO. The molecule has 0 aromatic heterocycles. The number of hydrogen-bond acceptors (Lipinski definition) is 1. The van der Waals surface area contributed by atoms with Gasteiger partial charge in [-0.15, -0.1) is 11.6 Å². The summed E-state index contributed by atoms with van der Waals surface area (Å²) in [4.78, 5) is 11.3. The third-order valence-corrected chi connectivity index (χ3v) is 2.75. The summed E-state index contributed by atoms with van der Waals surface area (Å²) in [5.74, 6) is 0.146. The highest BCUT2D eigenvalue weighted by molar-refractivity contribution is 6.20. The van der Waals surface area contributed by atoms with E-state index in [1.165, 1.54) is 12.8 Å². The van der Waals surface area contributed by atoms with Crippen LogP contribution in [0.1, 0.15) is 58.8 Å². The maximum atomic E-state index is 11.3. The summed E-state index contributed by atoms with van der Waals surface area (Å²) in [6.45, 7) is 4.88. The van der Waals surface area contributed by atoms with Crippen molar-refractivity contribution >= 4 is 17.5 Å². The molecule has 0 aliphatic carbocycles. The van der Waals surface area contributed by atoms with Crippen molar-refractivity contribution in [1.29, 1.82) is 0 Å². The molecule has 3 heteroatoms. The van der Waals surface area contributed by atoms with Crippen LogP contribution in [-0.4, -0.2) is 17.8 Å². The molecule has 0 saturated carbocycles. The molecule has 0 radical (unpaired) electrons. The molecule has 0 spiro atoms. The van der Waals surface area contributed by atoms with Crippen molar-refractivity contribution < 1.29 is 4.79 Å². The minimum Gasteiger partial charge on any atom is -0.355 e. The predicted molar refractivity (Wildman–Crippen MR) is 66.3 cm³/mol. The van der Waals surface area contributed by atoms with Gasteiger partial charge in [0, 0.05) is 13.0 Å². The van der Waals surface area contributed by atoms with Crippen molar-refractivity contribution in [2.24, 2.45) is 0 Å². The molecule has 0 bridgehead atoms. The Hall–Kier alpha value is -0.240. The summed E-state index contributed by atoms with van der Waals surface area (Å²) >= 11 is 5.99. The van der Waals surface area contributed by atoms with Crippen LogP contribution in [0.25, 0.3) is 0 Å². The fourth-order valence-electron chi connectivity index (χ4n) is 1.44. The number of rotatable bonds is 9. The lowest BCUT2D eigenvalue weighted by Gasteiger charge is -2.09. The van der Waals surface area contributed by atoms with Gasteiger partial charge < -0.3 is 5.32 Å². The van der Waals surface area contributed by atoms with E-state index in [0.717, 1.165) is 25.7 Å². The molecule has 2 nitrogen and oxygen atoms in total. The van der Waals surface area contributed by atoms with Crippen LogP contribution in [0.15, 0.2) is 0 Å². The minimum atomic E-state index is 0.0922. The predicted octanol–water partition coefficient (Wildman–Crippen LogP) is 3.48. The highest BCUT2D eigenvalue weighted by Crippen LogP contribution is 2.04. The largest absolute Gasteiger partial charge is 0.355 e. The van der Waals surface area contributed by atoms with E-state index in [1.54, 1.807) is 0 Å². The molecule has 0 heterocycles. The Morgan fingerprint density at radius 1 is 1.20 bits per heavy atom. The summed E-state index contributed by atoms with van der Waals surface area (Å²) in [7, 11) is 0. The van der Waals surface area contributed by atoms with Gasteiger partial charge in [-0.1, -0.05) is 39.5 Å². The Bertz CT molecular complexity index is 162. The van der Waals surface area contributed by atoms with Gasteiger partial charge in [0.05, 0.1) is 5.38 Å². The van der Waals surface area contributed by atoms with Crippen molar-refractivity contribution in [2.45, 2.75) is 64.2 Å². The first-order chi connectivity index (χ1) is 7.20. The fourth-order valence-corrected chi connectivity index (χ4v) is 1.74. The first-order valence-electron chi connectivity index (χ1n) is 6.11. The lowest BCUT2D eigenvalue weighted by atomic mass is 10.1. The quantitative estimate of drug-likeness (QED) is 0.480. The highest BCUT2D eigenvalue weighted by Gasteiger charge is 2.05. The Labute approximate surface area is 98.8 Å². The Balaban J connectivity index is 3.32. The van der Waals surface area contributed by atoms with Crippen molar-refractivity contribution in [3.8, 4) is 0 Å². The van der Waals surface area contributed by atoms with Gasteiger partial charge in [-0.2, -0.15) is 0 Å². The maximum Gasteiger partial charge on any atom is 0.220 e. The molecule has 0 fully saturated rings. The lowest BCUT2D eigenvalue weighted by molar-refractivity contribution is -0.121. The first-order valence-corrected chi connectivity index (χ1v) is 6.55. The standard InChI is InChI=1S/C12H24ClNO/c1-3-5-6-7-9-12(15)14-10-11(13)8-4-2/h11H,3-10H2,1-2H3,(H,14,15). The van der Waals surface area contributed by atoms with Crippen molar-refractivity contribution in [1.82, 2.24) is 5.32 Å². The van der Waals surface area contributed by atoms with E-state index < -0.39 is 0 Å². The number of unbranched alkanes of at least 4 members (excludes halogenated alkanes) is 3. The highest BCUT2D eigenvalue weighted by atomic mass is 35.5. The SMILES string of the molecule is CCCCCCC(=O)NCC(Cl)CCC. The average molecular weight is 234 g/mol. The zero-order valence-corrected chi connectivity index (χ0v) is 10.8. The van der Waals surface area contributed by atoms with Gasteiger partial charge in [-0.25, -0.2) is 0 Å². The third-order valence-electron chi connectivity index (χ3n) is 2.38. The monoisotopic (exact) mass is 233 g/mol. The molecule has 1 amide bonds. The van der Waals surface area contributed by atoms with Crippen LogP contribution < -0.4 is 5.32 Å². The van der Waals surface area contributed by atoms with E-state index in [1.807, 2.05) is 0 Å². The van der Waals surface area contributed by atoms with Crippen molar-refractivity contribution in [3.05, 3.63) is 0 Å². The van der Waals surface area contributed by atoms with Crippen LogP contribution in [0.5, 0.6) is 0 Å². The van der Waals surface area contributed by atoms with Gasteiger partial charge in [0.25, 0.3) is 0 Å². The Kier molecular flexibility index (Phi) is 10.1. The number of hydrogen-bond donors (Lipinski definition) is 1. The van der Waals surface area contributed by atoms with Gasteiger partial charge in [0.15, 0.2) is 0 Å². The molecule has 0 saturated heterocycles. The van der Waals surface area contributed by atoms with Gasteiger partial charge in [-0.05, 0) is 12.8 Å². The van der Waals surface area contributed by atoms with Crippen LogP contribution >= 0.6 is 11.6 Å². The number of carbonyl (C=O) groups excluding carboxylic acids is 1. The van der Waals surface area contributed by atoms with Crippen LogP contribution in [0.4, 0.5) is 0 Å². The molecule has 1 atom stereocenters. The smallest absolute Gasteiger partial charge is 0.220 e. The van der Waals surface area contributed by atoms with E-state index in [0.29, 0.717) is 13.0 Å². The summed E-state index contributed by atoms with van der Waals surface area (Å²) in [6, 6.07) is 0. The molecule has 90 valence electrons. The van der Waals surface area contributed by atoms with E-state index in [9.17, 15) is 4.79 Å². The normalized spacial score (nSPS) is 12.5. The van der Waals surface area contributed by atoms with Crippen LogP contribution in [-0.2, 0) is 4.79 Å². The number of carbonyl (C=O) groups is 1. The molecule has 15 heavy (non-hydrogen) atoms. The number of alkyl halides is 1. The zero-order valence-electron chi connectivity index (χ0n) is 10.0. The summed E-state index contributed by atoms with van der Waals surface area (Å²) in [6.07, 6.45) is 7.28. The second kappa shape index (κ2) is 10.3. The van der Waals surface area contributed by atoms with E-state index in [-0.39, 0.29) is 11.3 Å². The van der Waals surface area contributed by atoms with Crippen LogP contribution in [0, 0.1) is 0 Å². The molecule has 0 aliphatic rings. The Morgan fingerprint density at radius 2 is 1.93 bits per heavy atom. The molecule has 1 unspecified atom stereocenters. The van der Waals surface area contributed by atoms with Crippen LogP contribution in [0.2, 0.25) is 0 Å². The van der Waals surface area contributed by atoms with E-state index in [2.05, 4.69) is 19.2 Å². The van der Waals surface area contributed by atoms with Crippen molar-refractivity contribution in [2.75, 3.05) is 6.54 Å². The van der Waals surface area contributed by atoms with Crippen molar-refractivity contribution in [3.63, 3.8) is 0 Å². The van der Waals surface area contributed by atoms with Gasteiger partial charge in [0.1, 0.15) is 0 Å². The van der Waals surface area contributed by atoms with E-state index in [4.69, 9.17) is 11.6 Å². The zero-order chi connectivity index (χ0) is 11.5. The van der Waals surface area contributed by atoms with Gasteiger partial charge in [0.2, 0.25) is 5.91 Å². The van der Waals surface area contributed by atoms with E-state index >= 15 is 0 Å². The molecule has 0 rings (SSSR count). The third kappa shape index (κ3) is 10.1. The topological polar surface area (TPSA) is 29.1 Å². The molecule has 0 aliphatic heterocycles. The minimum absolute atomic E-state index is 0.0922. The second-order valence-corrected chi connectivity index (χ2v) is 4.62. The number of nitrogens with one attached hydrogen (secondary N) is 1. The second-order valence-electron chi connectivity index (χ2n) is 4.00. The fraction of sp³-hybridized carbons (Fsp3) is 0.917. The number of halogens is 1. The maximum absolute atomic E-state index is 11.3. The Morgan fingerprint density at radius 3 is 2.53 bits per heavy atom. The number of amides is 1. The van der Waals surface area contributed by atoms with Crippen LogP contribution in [0.3, 0.4) is 0 Å².